The first-order chi connectivity index (χ1) is 37.5. The van der Waals surface area contributed by atoms with Crippen LogP contribution in [0.4, 0.5) is 0 Å². The first-order valence-corrected chi connectivity index (χ1v) is 33.9. The first kappa shape index (κ1) is 73.8. The van der Waals surface area contributed by atoms with Gasteiger partial charge in [-0.1, -0.05) is 306 Å². The van der Waals surface area contributed by atoms with Crippen molar-refractivity contribution in [2.24, 2.45) is 0 Å². The Balaban J connectivity index is 3.46. The van der Waals surface area contributed by atoms with Gasteiger partial charge in [-0.25, -0.2) is 0 Å². The van der Waals surface area contributed by atoms with E-state index in [1.165, 1.54) is 270 Å². The van der Waals surface area contributed by atoms with Gasteiger partial charge in [-0.3, -0.25) is 9.59 Å². The van der Waals surface area contributed by atoms with E-state index < -0.39 is 12.1 Å². The Morgan fingerprint density at radius 2 is 0.658 bits per heavy atom. The normalized spacial score (nSPS) is 12.8. The molecule has 76 heavy (non-hydrogen) atoms. The zero-order valence-electron chi connectivity index (χ0n) is 51.0. The predicted molar refractivity (Wildman–Crippen MR) is 333 cm³/mol. The van der Waals surface area contributed by atoms with Crippen molar-refractivity contribution in [3.8, 4) is 0 Å². The van der Waals surface area contributed by atoms with E-state index >= 15 is 0 Å². The Hall–Kier alpha value is -2.18. The maximum absolute atomic E-state index is 12.5. The molecule has 0 bridgehead atoms. The Bertz CT molecular complexity index is 1270. The topological polar surface area (TPSA) is 95.9 Å². The highest BCUT2D eigenvalue weighted by molar-refractivity contribution is 5.76. The quantitative estimate of drug-likeness (QED) is 0.0320. The van der Waals surface area contributed by atoms with Crippen LogP contribution < -0.4 is 5.32 Å². The molecule has 0 heterocycles. The number of hydrogen-bond acceptors (Lipinski definition) is 5. The minimum Gasteiger partial charge on any atom is -0.466 e. The molecule has 2 atom stereocenters. The van der Waals surface area contributed by atoms with Crippen LogP contribution in [-0.2, 0) is 14.3 Å². The van der Waals surface area contributed by atoms with Crippen molar-refractivity contribution in [3.63, 3.8) is 0 Å². The van der Waals surface area contributed by atoms with E-state index in [0.29, 0.717) is 19.4 Å². The molecule has 0 fully saturated rings. The second-order valence-electron chi connectivity index (χ2n) is 23.1. The molecule has 0 saturated carbocycles. The van der Waals surface area contributed by atoms with Crippen LogP contribution in [0.25, 0.3) is 0 Å². The van der Waals surface area contributed by atoms with E-state index in [4.69, 9.17) is 4.74 Å². The smallest absolute Gasteiger partial charge is 0.305 e. The van der Waals surface area contributed by atoms with E-state index in [1.807, 2.05) is 6.08 Å². The average Bonchev–Trinajstić information content (AvgIpc) is 3.42. The Kier molecular flexibility index (Phi) is 63.5. The van der Waals surface area contributed by atoms with E-state index in [0.717, 1.165) is 64.2 Å². The maximum atomic E-state index is 12.5. The lowest BCUT2D eigenvalue weighted by Gasteiger charge is -2.20. The van der Waals surface area contributed by atoms with Gasteiger partial charge in [0.05, 0.1) is 25.4 Å². The van der Waals surface area contributed by atoms with Crippen LogP contribution in [-0.4, -0.2) is 47.4 Å². The van der Waals surface area contributed by atoms with Gasteiger partial charge in [0.1, 0.15) is 0 Å². The highest BCUT2D eigenvalue weighted by Crippen LogP contribution is 2.17. The van der Waals surface area contributed by atoms with Crippen molar-refractivity contribution < 1.29 is 24.5 Å². The summed E-state index contributed by atoms with van der Waals surface area (Å²) in [6.07, 6.45) is 84.5. The molecule has 3 N–H and O–H groups in total. The summed E-state index contributed by atoms with van der Waals surface area (Å²) >= 11 is 0. The number of amides is 1. The van der Waals surface area contributed by atoms with Crippen LogP contribution >= 0.6 is 0 Å². The minimum atomic E-state index is -0.852. The molecular weight excluding hydrogens is 935 g/mol. The number of unbranched alkanes of at least 4 members (excludes halogenated alkanes) is 46. The number of carbonyl (C=O) groups is 2. The number of esters is 1. The number of hydrogen-bond donors (Lipinski definition) is 3. The van der Waals surface area contributed by atoms with Gasteiger partial charge in [0.25, 0.3) is 0 Å². The van der Waals surface area contributed by atoms with Crippen molar-refractivity contribution in [3.05, 3.63) is 48.6 Å². The number of carbonyl (C=O) groups excluding carboxylic acids is 2. The lowest BCUT2D eigenvalue weighted by atomic mass is 10.0. The Morgan fingerprint density at radius 3 is 1.01 bits per heavy atom. The molecule has 0 spiro atoms. The average molecular weight is 1070 g/mol. The molecule has 1 amide bonds. The largest absolute Gasteiger partial charge is 0.466 e. The molecule has 0 aromatic heterocycles. The van der Waals surface area contributed by atoms with E-state index in [9.17, 15) is 19.8 Å². The molecular formula is C70H131NO5. The van der Waals surface area contributed by atoms with Crippen LogP contribution in [0.2, 0.25) is 0 Å². The van der Waals surface area contributed by atoms with Gasteiger partial charge in [0.2, 0.25) is 5.91 Å². The van der Waals surface area contributed by atoms with Gasteiger partial charge >= 0.3 is 5.97 Å². The number of allylic oxidation sites excluding steroid dienone is 7. The molecule has 2 unspecified atom stereocenters. The van der Waals surface area contributed by atoms with E-state index in [-0.39, 0.29) is 18.5 Å². The van der Waals surface area contributed by atoms with Gasteiger partial charge in [0.15, 0.2) is 0 Å². The number of nitrogens with one attached hydrogen (secondary N) is 1. The SMILES string of the molecule is CCCCCCCC/C=C\CCCCCCCCCCCC(=O)OCCCCCCCCCCC/C=C\C/C=C\CCCCCCCCCC(=O)NC(CO)C(O)/C=C/CCCCCCCCCCCCCCCCC. The van der Waals surface area contributed by atoms with Gasteiger partial charge in [-0.15, -0.1) is 0 Å². The second kappa shape index (κ2) is 65.3. The zero-order chi connectivity index (χ0) is 55.0. The second-order valence-corrected chi connectivity index (χ2v) is 23.1. The molecule has 0 aliphatic heterocycles. The Labute approximate surface area is 474 Å². The lowest BCUT2D eigenvalue weighted by molar-refractivity contribution is -0.143. The van der Waals surface area contributed by atoms with Crippen molar-refractivity contribution in [2.45, 2.75) is 373 Å². The molecule has 0 aromatic rings. The fourth-order valence-corrected chi connectivity index (χ4v) is 10.4. The zero-order valence-corrected chi connectivity index (χ0v) is 51.0. The summed E-state index contributed by atoms with van der Waals surface area (Å²) in [4.78, 5) is 24.6. The molecule has 0 radical (unpaired) electrons. The van der Waals surface area contributed by atoms with Crippen molar-refractivity contribution in [2.75, 3.05) is 13.2 Å². The van der Waals surface area contributed by atoms with Gasteiger partial charge in [-0.2, -0.15) is 0 Å². The lowest BCUT2D eigenvalue weighted by Crippen LogP contribution is -2.45. The van der Waals surface area contributed by atoms with Crippen LogP contribution in [0.1, 0.15) is 361 Å². The molecule has 6 heteroatoms. The van der Waals surface area contributed by atoms with Crippen LogP contribution in [0.3, 0.4) is 0 Å². The maximum Gasteiger partial charge on any atom is 0.305 e. The third-order valence-corrected chi connectivity index (χ3v) is 15.6. The fraction of sp³-hybridized carbons (Fsp3) is 0.857. The third kappa shape index (κ3) is 61.0. The van der Waals surface area contributed by atoms with Crippen LogP contribution in [0.5, 0.6) is 0 Å². The molecule has 0 aliphatic carbocycles. The summed E-state index contributed by atoms with van der Waals surface area (Å²) in [6, 6.07) is -0.637. The van der Waals surface area contributed by atoms with Crippen molar-refractivity contribution >= 4 is 11.9 Å². The molecule has 0 saturated heterocycles. The van der Waals surface area contributed by atoms with Crippen molar-refractivity contribution in [1.82, 2.24) is 5.32 Å². The number of aliphatic hydroxyl groups is 2. The standard InChI is InChI=1S/C70H131NO5/c1-3-5-7-9-11-13-15-17-19-21-27-32-36-40-44-48-52-56-60-64-70(75)76-65-61-57-53-49-45-41-37-33-29-26-24-22-23-25-28-31-35-39-43-47-51-55-59-63-69(74)71-67(66-72)68(73)62-58-54-50-46-42-38-34-30-20-18-16-14-12-10-8-6-4-2/h17,19,22,24-25,28,58,62,67-68,72-73H,3-16,18,20-21,23,26-27,29-57,59-61,63-66H2,1-2H3,(H,71,74)/b19-17-,24-22-,28-25-,62-58+. The monoisotopic (exact) mass is 1070 g/mol. The van der Waals surface area contributed by atoms with Gasteiger partial charge < -0.3 is 20.3 Å². The van der Waals surface area contributed by atoms with Crippen LogP contribution in [0, 0.1) is 0 Å². The van der Waals surface area contributed by atoms with E-state index in [2.05, 4.69) is 55.6 Å². The van der Waals surface area contributed by atoms with E-state index in [1.54, 1.807) is 6.08 Å². The summed E-state index contributed by atoms with van der Waals surface area (Å²) in [5.41, 5.74) is 0. The highest BCUT2D eigenvalue weighted by Gasteiger charge is 2.18. The van der Waals surface area contributed by atoms with Crippen molar-refractivity contribution in [1.29, 1.82) is 0 Å². The van der Waals surface area contributed by atoms with Crippen LogP contribution in [0.15, 0.2) is 48.6 Å². The number of rotatable bonds is 63. The molecule has 0 aromatic carbocycles. The van der Waals surface area contributed by atoms with Gasteiger partial charge in [-0.05, 0) is 89.9 Å². The summed E-state index contributed by atoms with van der Waals surface area (Å²) in [6.45, 7) is 4.91. The Morgan fingerprint density at radius 1 is 0.368 bits per heavy atom. The summed E-state index contributed by atoms with van der Waals surface area (Å²) < 4.78 is 5.50. The molecule has 446 valence electrons. The number of ether oxygens (including phenoxy) is 1. The third-order valence-electron chi connectivity index (χ3n) is 15.6. The molecule has 6 nitrogen and oxygen atoms in total. The summed E-state index contributed by atoms with van der Waals surface area (Å²) in [7, 11) is 0. The molecule has 0 rings (SSSR count). The minimum absolute atomic E-state index is 0.00619. The predicted octanol–water partition coefficient (Wildman–Crippen LogP) is 21.7. The highest BCUT2D eigenvalue weighted by atomic mass is 16.5. The number of aliphatic hydroxyl groups excluding tert-OH is 2. The molecule has 0 aliphatic rings. The first-order valence-electron chi connectivity index (χ1n) is 33.9. The summed E-state index contributed by atoms with van der Waals surface area (Å²) in [5.74, 6) is -0.0706. The fourth-order valence-electron chi connectivity index (χ4n) is 10.4. The summed E-state index contributed by atoms with van der Waals surface area (Å²) in [5, 5.41) is 23.2. The van der Waals surface area contributed by atoms with Gasteiger partial charge in [0, 0.05) is 12.8 Å².